The van der Waals surface area contributed by atoms with Gasteiger partial charge in [0.05, 0.1) is 32.2 Å². The van der Waals surface area contributed by atoms with Crippen LogP contribution in [0, 0.1) is 5.92 Å². The van der Waals surface area contributed by atoms with Gasteiger partial charge in [0.15, 0.2) is 0 Å². The van der Waals surface area contributed by atoms with Crippen molar-refractivity contribution in [2.24, 2.45) is 5.92 Å². The van der Waals surface area contributed by atoms with Crippen LogP contribution in [-0.2, 0) is 9.53 Å². The van der Waals surface area contributed by atoms with E-state index in [0.29, 0.717) is 5.82 Å². The summed E-state index contributed by atoms with van der Waals surface area (Å²) in [6.07, 6.45) is -0.215. The van der Waals surface area contributed by atoms with Gasteiger partial charge in [-0.2, -0.15) is 0 Å². The van der Waals surface area contributed by atoms with Gasteiger partial charge >= 0.3 is 12.2 Å². The van der Waals surface area contributed by atoms with E-state index in [-0.39, 0.29) is 19.1 Å². The fourth-order valence-corrected chi connectivity index (χ4v) is 3.67. The highest BCUT2D eigenvalue weighted by Crippen LogP contribution is 2.30. The molecule has 3 rings (SSSR count). The highest BCUT2D eigenvalue weighted by molar-refractivity contribution is 9.10. The lowest BCUT2D eigenvalue weighted by Crippen LogP contribution is -2.51. The molecule has 166 valence electrons. The third-order valence-corrected chi connectivity index (χ3v) is 5.63. The van der Waals surface area contributed by atoms with Gasteiger partial charge in [0.2, 0.25) is 5.91 Å². The van der Waals surface area contributed by atoms with Gasteiger partial charge in [-0.3, -0.25) is 9.69 Å². The fourth-order valence-electron chi connectivity index (χ4n) is 3.40. The lowest BCUT2D eigenvalue weighted by atomic mass is 10.0. The maximum Gasteiger partial charge on any atom is 0.408 e. The van der Waals surface area contributed by atoms with Crippen LogP contribution < -0.4 is 5.32 Å². The average molecular weight is 494 g/mol. The number of nitrogens with one attached hydrogen (secondary N) is 2. The number of carboxylic acid groups (broad SMARTS) is 1. The lowest BCUT2D eigenvalue weighted by molar-refractivity contribution is -0.135. The third kappa shape index (κ3) is 4.98. The molecule has 0 spiro atoms. The number of amides is 3. The second kappa shape index (κ2) is 9.38. The summed E-state index contributed by atoms with van der Waals surface area (Å²) < 4.78 is 5.57. The first-order chi connectivity index (χ1) is 14.7. The molecule has 3 amide bonds. The van der Waals surface area contributed by atoms with Crippen molar-refractivity contribution in [2.45, 2.75) is 25.9 Å². The highest BCUT2D eigenvalue weighted by Gasteiger charge is 2.42. The number of nitrogens with zero attached hydrogens (tertiary/aromatic N) is 3. The molecule has 1 fully saturated rings. The van der Waals surface area contributed by atoms with Crippen molar-refractivity contribution in [3.05, 3.63) is 40.8 Å². The van der Waals surface area contributed by atoms with Crippen LogP contribution in [0.4, 0.5) is 9.59 Å². The van der Waals surface area contributed by atoms with Crippen molar-refractivity contribution < 1.29 is 24.2 Å². The van der Waals surface area contributed by atoms with E-state index in [1.54, 1.807) is 20.0 Å². The van der Waals surface area contributed by atoms with E-state index in [0.717, 1.165) is 20.6 Å². The number of benzene rings is 1. The van der Waals surface area contributed by atoms with Crippen LogP contribution in [-0.4, -0.2) is 69.3 Å². The quantitative estimate of drug-likeness (QED) is 0.587. The molecular weight excluding hydrogens is 470 g/mol. The Morgan fingerprint density at radius 1 is 1.29 bits per heavy atom. The molecule has 3 N–H and O–H groups in total. The highest BCUT2D eigenvalue weighted by atomic mass is 79.9. The standard InChI is InChI=1S/C20H24BrN5O5/c1-11(2)16(24-19(28)31-3)18(27)26-10-25(20(29)30)9-15(26)17-22-8-14(23-17)12-4-6-13(21)7-5-12/h4-8,11,15-16H,9-10H2,1-3H3,(H,22,23)(H,24,28)(H,29,30)/t15-,16-/m0/s1. The summed E-state index contributed by atoms with van der Waals surface area (Å²) in [5, 5.41) is 12.0. The van der Waals surface area contributed by atoms with Crippen molar-refractivity contribution in [1.29, 1.82) is 0 Å². The molecule has 1 aliphatic rings. The number of H-pyrrole nitrogens is 1. The van der Waals surface area contributed by atoms with E-state index >= 15 is 0 Å². The summed E-state index contributed by atoms with van der Waals surface area (Å²) in [6, 6.07) is 6.14. The Morgan fingerprint density at radius 3 is 2.55 bits per heavy atom. The molecule has 0 bridgehead atoms. The average Bonchev–Trinajstić information content (AvgIpc) is 3.39. The third-order valence-electron chi connectivity index (χ3n) is 5.10. The topological polar surface area (TPSA) is 128 Å². The number of rotatable bonds is 5. The van der Waals surface area contributed by atoms with E-state index in [4.69, 9.17) is 0 Å². The van der Waals surface area contributed by atoms with Crippen LogP contribution in [0.2, 0.25) is 0 Å². The van der Waals surface area contributed by atoms with E-state index in [1.165, 1.54) is 12.0 Å². The molecule has 31 heavy (non-hydrogen) atoms. The zero-order chi connectivity index (χ0) is 22.7. The van der Waals surface area contributed by atoms with Gasteiger partial charge < -0.3 is 25.0 Å². The summed E-state index contributed by atoms with van der Waals surface area (Å²) in [5.41, 5.74) is 1.65. The normalized spacial score (nSPS) is 17.0. The molecule has 1 aromatic heterocycles. The summed E-state index contributed by atoms with van der Waals surface area (Å²) >= 11 is 3.40. The van der Waals surface area contributed by atoms with E-state index in [1.807, 2.05) is 24.3 Å². The number of ether oxygens (including phenoxy) is 1. The summed E-state index contributed by atoms with van der Waals surface area (Å²) in [5.74, 6) is -0.174. The number of methoxy groups -OCH3 is 1. The SMILES string of the molecule is COC(=O)N[C@H](C(=O)N1CN(C(=O)O)C[C@H]1c1ncc(-c2ccc(Br)cc2)[nH]1)C(C)C. The van der Waals surface area contributed by atoms with Crippen LogP contribution >= 0.6 is 15.9 Å². The fraction of sp³-hybridized carbons (Fsp3) is 0.400. The van der Waals surface area contributed by atoms with E-state index in [9.17, 15) is 19.5 Å². The van der Waals surface area contributed by atoms with Crippen LogP contribution in [0.25, 0.3) is 11.3 Å². The van der Waals surface area contributed by atoms with E-state index < -0.39 is 30.2 Å². The molecule has 10 nitrogen and oxygen atoms in total. The molecule has 11 heteroatoms. The number of halogens is 1. The molecule has 0 saturated carbocycles. The van der Waals surface area contributed by atoms with Crippen molar-refractivity contribution in [1.82, 2.24) is 25.1 Å². The predicted molar refractivity (Wildman–Crippen MR) is 115 cm³/mol. The van der Waals surface area contributed by atoms with Gasteiger partial charge in [0.25, 0.3) is 0 Å². The maximum absolute atomic E-state index is 13.3. The molecule has 2 atom stereocenters. The number of imidazole rings is 1. The molecule has 1 aliphatic heterocycles. The minimum Gasteiger partial charge on any atom is -0.465 e. The molecule has 1 aromatic carbocycles. The molecule has 0 radical (unpaired) electrons. The smallest absolute Gasteiger partial charge is 0.408 e. The minimum absolute atomic E-state index is 0.0669. The van der Waals surface area contributed by atoms with Crippen LogP contribution in [0.15, 0.2) is 34.9 Å². The number of carbonyl (C=O) groups is 3. The number of alkyl carbamates (subject to hydrolysis) is 1. The zero-order valence-corrected chi connectivity index (χ0v) is 18.9. The Labute approximate surface area is 187 Å². The summed E-state index contributed by atoms with van der Waals surface area (Å²) in [7, 11) is 1.22. The molecule has 0 unspecified atom stereocenters. The Morgan fingerprint density at radius 2 is 1.97 bits per heavy atom. The maximum atomic E-state index is 13.3. The van der Waals surface area contributed by atoms with Crippen molar-refractivity contribution in [3.63, 3.8) is 0 Å². The van der Waals surface area contributed by atoms with Gasteiger partial charge in [0.1, 0.15) is 17.9 Å². The first-order valence-corrected chi connectivity index (χ1v) is 10.4. The second-order valence-corrected chi connectivity index (χ2v) is 8.43. The largest absolute Gasteiger partial charge is 0.465 e. The summed E-state index contributed by atoms with van der Waals surface area (Å²) in [4.78, 5) is 46.8. The first kappa shape index (κ1) is 22.6. The van der Waals surface area contributed by atoms with Gasteiger partial charge in [-0.25, -0.2) is 14.6 Å². The van der Waals surface area contributed by atoms with Crippen molar-refractivity contribution in [2.75, 3.05) is 20.3 Å². The van der Waals surface area contributed by atoms with Crippen LogP contribution in [0.3, 0.4) is 0 Å². The number of hydrogen-bond acceptors (Lipinski definition) is 5. The lowest BCUT2D eigenvalue weighted by Gasteiger charge is -2.29. The Hall–Kier alpha value is -3.08. The molecule has 0 aliphatic carbocycles. The van der Waals surface area contributed by atoms with Gasteiger partial charge in [-0.1, -0.05) is 41.9 Å². The number of carbonyl (C=O) groups excluding carboxylic acids is 2. The number of aromatic amines is 1. The molecular formula is C20H24BrN5O5. The van der Waals surface area contributed by atoms with Crippen LogP contribution in [0.1, 0.15) is 25.7 Å². The monoisotopic (exact) mass is 493 g/mol. The van der Waals surface area contributed by atoms with Gasteiger partial charge in [-0.15, -0.1) is 0 Å². The van der Waals surface area contributed by atoms with Gasteiger partial charge in [-0.05, 0) is 23.6 Å². The molecule has 1 saturated heterocycles. The van der Waals surface area contributed by atoms with Gasteiger partial charge in [0, 0.05) is 4.47 Å². The van der Waals surface area contributed by atoms with E-state index in [2.05, 4.69) is 36.0 Å². The Balaban J connectivity index is 1.89. The Bertz CT molecular complexity index is 961. The first-order valence-electron chi connectivity index (χ1n) is 9.65. The predicted octanol–water partition coefficient (Wildman–Crippen LogP) is 3.04. The second-order valence-electron chi connectivity index (χ2n) is 7.52. The van der Waals surface area contributed by atoms with Crippen LogP contribution in [0.5, 0.6) is 0 Å². The molecule has 2 heterocycles. The summed E-state index contributed by atoms with van der Waals surface area (Å²) in [6.45, 7) is 3.52. The van der Waals surface area contributed by atoms with Crippen molar-refractivity contribution in [3.8, 4) is 11.3 Å². The minimum atomic E-state index is -1.14. The Kier molecular flexibility index (Phi) is 6.84. The number of aromatic nitrogens is 2. The zero-order valence-electron chi connectivity index (χ0n) is 17.3. The molecule has 2 aromatic rings. The number of hydrogen-bond donors (Lipinski definition) is 3. The van der Waals surface area contributed by atoms with Crippen molar-refractivity contribution >= 4 is 34.0 Å².